The van der Waals surface area contributed by atoms with Crippen LogP contribution < -0.4 is 15.8 Å². The summed E-state index contributed by atoms with van der Waals surface area (Å²) in [6.45, 7) is 0.314. The molecular weight excluding hydrogens is 325 g/mol. The van der Waals surface area contributed by atoms with Crippen LogP contribution >= 0.6 is 15.9 Å². The second-order valence-corrected chi connectivity index (χ2v) is 5.13. The molecule has 1 aromatic heterocycles. The van der Waals surface area contributed by atoms with Gasteiger partial charge in [0.2, 0.25) is 0 Å². The monoisotopic (exact) mass is 339 g/mol. The van der Waals surface area contributed by atoms with Crippen LogP contribution in [0.4, 0.5) is 10.1 Å². The molecule has 0 bridgehead atoms. The van der Waals surface area contributed by atoms with Gasteiger partial charge in [0.05, 0.1) is 18.8 Å². The smallest absolute Gasteiger partial charge is 0.146 e. The van der Waals surface area contributed by atoms with Gasteiger partial charge in [-0.1, -0.05) is 0 Å². The Morgan fingerprint density at radius 2 is 2.20 bits per heavy atom. The maximum atomic E-state index is 13.8. The molecule has 0 saturated heterocycles. The molecule has 2 aromatic rings. The molecule has 0 saturated carbocycles. The number of nitrogens with two attached hydrogens (primary N) is 1. The SMILES string of the molecule is COc1ccc(F)c(NC(CN)c2cncc(Br)c2)c1. The molecule has 0 amide bonds. The van der Waals surface area contributed by atoms with Crippen molar-refractivity contribution in [2.24, 2.45) is 5.73 Å². The van der Waals surface area contributed by atoms with Crippen molar-refractivity contribution in [1.29, 1.82) is 0 Å². The van der Waals surface area contributed by atoms with Gasteiger partial charge in [-0.15, -0.1) is 0 Å². The van der Waals surface area contributed by atoms with E-state index in [-0.39, 0.29) is 11.9 Å². The average molecular weight is 340 g/mol. The highest BCUT2D eigenvalue weighted by Gasteiger charge is 2.13. The number of hydrogen-bond donors (Lipinski definition) is 2. The summed E-state index contributed by atoms with van der Waals surface area (Å²) in [5.74, 6) is 0.226. The maximum absolute atomic E-state index is 13.8. The molecule has 0 spiro atoms. The molecule has 1 unspecified atom stereocenters. The van der Waals surface area contributed by atoms with Gasteiger partial charge >= 0.3 is 0 Å². The lowest BCUT2D eigenvalue weighted by atomic mass is 10.1. The Kier molecular flexibility index (Phi) is 4.92. The van der Waals surface area contributed by atoms with Crippen LogP contribution in [0.15, 0.2) is 41.1 Å². The summed E-state index contributed by atoms with van der Waals surface area (Å²) in [5, 5.41) is 3.07. The van der Waals surface area contributed by atoms with Crippen LogP contribution in [0.2, 0.25) is 0 Å². The fraction of sp³-hybridized carbons (Fsp3) is 0.214. The fourth-order valence-electron chi connectivity index (χ4n) is 1.83. The number of ether oxygens (including phenoxy) is 1. The molecule has 3 N–H and O–H groups in total. The van der Waals surface area contributed by atoms with Crippen molar-refractivity contribution < 1.29 is 9.13 Å². The molecular formula is C14H15BrFN3O. The van der Waals surface area contributed by atoms with Crippen molar-refractivity contribution in [2.45, 2.75) is 6.04 Å². The molecule has 0 aliphatic heterocycles. The minimum absolute atomic E-state index is 0.235. The van der Waals surface area contributed by atoms with Gasteiger partial charge in [0.15, 0.2) is 0 Å². The Morgan fingerprint density at radius 3 is 2.85 bits per heavy atom. The topological polar surface area (TPSA) is 60.2 Å². The van der Waals surface area contributed by atoms with Crippen LogP contribution in [0.5, 0.6) is 5.75 Å². The van der Waals surface area contributed by atoms with E-state index in [0.29, 0.717) is 18.0 Å². The minimum atomic E-state index is -0.354. The number of nitrogens with one attached hydrogen (secondary N) is 1. The quantitative estimate of drug-likeness (QED) is 0.878. The van der Waals surface area contributed by atoms with Gasteiger partial charge in [-0.05, 0) is 39.7 Å². The standard InChI is InChI=1S/C14H15BrFN3O/c1-20-11-2-3-12(16)13(5-11)19-14(6-17)9-4-10(15)8-18-7-9/h2-5,7-8,14,19H,6,17H2,1H3. The third-order valence-electron chi connectivity index (χ3n) is 2.87. The Hall–Kier alpha value is -1.66. The third kappa shape index (κ3) is 3.46. The lowest BCUT2D eigenvalue weighted by Gasteiger charge is -2.19. The molecule has 1 atom stereocenters. The van der Waals surface area contributed by atoms with E-state index >= 15 is 0 Å². The molecule has 20 heavy (non-hydrogen) atoms. The van der Waals surface area contributed by atoms with Crippen LogP contribution in [0.1, 0.15) is 11.6 Å². The molecule has 106 valence electrons. The van der Waals surface area contributed by atoms with Crippen molar-refractivity contribution in [2.75, 3.05) is 19.0 Å². The van der Waals surface area contributed by atoms with Gasteiger partial charge in [-0.3, -0.25) is 4.98 Å². The number of halogens is 2. The van der Waals surface area contributed by atoms with Gasteiger partial charge in [0, 0.05) is 29.5 Å². The average Bonchev–Trinajstić information content (AvgIpc) is 2.46. The summed E-state index contributed by atoms with van der Waals surface area (Å²) in [6.07, 6.45) is 3.39. The van der Waals surface area contributed by atoms with Gasteiger partial charge in [-0.2, -0.15) is 0 Å². The number of rotatable bonds is 5. The predicted octanol–water partition coefficient (Wildman–Crippen LogP) is 3.10. The number of pyridine rings is 1. The molecule has 0 radical (unpaired) electrons. The summed E-state index contributed by atoms with van der Waals surface area (Å²) in [7, 11) is 1.54. The molecule has 0 fully saturated rings. The number of anilines is 1. The first-order valence-corrected chi connectivity index (χ1v) is 6.84. The normalized spacial score (nSPS) is 12.0. The third-order valence-corrected chi connectivity index (χ3v) is 3.30. The number of benzene rings is 1. The molecule has 4 nitrogen and oxygen atoms in total. The van der Waals surface area contributed by atoms with E-state index in [1.165, 1.54) is 13.2 Å². The summed E-state index contributed by atoms with van der Waals surface area (Å²) in [5.41, 5.74) is 6.99. The maximum Gasteiger partial charge on any atom is 0.146 e. The van der Waals surface area contributed by atoms with Crippen molar-refractivity contribution >= 4 is 21.6 Å². The van der Waals surface area contributed by atoms with Gasteiger partial charge in [0.25, 0.3) is 0 Å². The second kappa shape index (κ2) is 6.67. The molecule has 0 aliphatic rings. The van der Waals surface area contributed by atoms with Crippen molar-refractivity contribution in [3.05, 3.63) is 52.5 Å². The highest BCUT2D eigenvalue weighted by atomic mass is 79.9. The summed E-state index contributed by atoms with van der Waals surface area (Å²) >= 11 is 3.36. The number of hydrogen-bond acceptors (Lipinski definition) is 4. The molecule has 2 rings (SSSR count). The summed E-state index contributed by atoms with van der Waals surface area (Å²) in [6, 6.07) is 6.19. The first-order chi connectivity index (χ1) is 9.63. The predicted molar refractivity (Wildman–Crippen MR) is 80.3 cm³/mol. The largest absolute Gasteiger partial charge is 0.497 e. The minimum Gasteiger partial charge on any atom is -0.497 e. The lowest BCUT2D eigenvalue weighted by Crippen LogP contribution is -2.21. The lowest BCUT2D eigenvalue weighted by molar-refractivity contribution is 0.414. The Bertz CT molecular complexity index is 594. The van der Waals surface area contributed by atoms with E-state index in [0.717, 1.165) is 10.0 Å². The molecule has 1 heterocycles. The van der Waals surface area contributed by atoms with Gasteiger partial charge in [0.1, 0.15) is 11.6 Å². The van der Waals surface area contributed by atoms with E-state index in [4.69, 9.17) is 10.5 Å². The molecule has 1 aromatic carbocycles. The first kappa shape index (κ1) is 14.7. The van der Waals surface area contributed by atoms with E-state index in [2.05, 4.69) is 26.2 Å². The zero-order valence-electron chi connectivity index (χ0n) is 10.9. The van der Waals surface area contributed by atoms with Crippen LogP contribution in [0.3, 0.4) is 0 Å². The molecule has 0 aliphatic carbocycles. The summed E-state index contributed by atoms with van der Waals surface area (Å²) in [4.78, 5) is 4.09. The second-order valence-electron chi connectivity index (χ2n) is 4.21. The van der Waals surface area contributed by atoms with Crippen LogP contribution in [0.25, 0.3) is 0 Å². The Balaban J connectivity index is 2.26. The fourth-order valence-corrected chi connectivity index (χ4v) is 2.21. The highest BCUT2D eigenvalue weighted by molar-refractivity contribution is 9.10. The van der Waals surface area contributed by atoms with Gasteiger partial charge in [-0.25, -0.2) is 4.39 Å². The van der Waals surface area contributed by atoms with Crippen LogP contribution in [0, 0.1) is 5.82 Å². The summed E-state index contributed by atoms with van der Waals surface area (Å²) < 4.78 is 19.8. The van der Waals surface area contributed by atoms with Gasteiger partial charge < -0.3 is 15.8 Å². The zero-order valence-corrected chi connectivity index (χ0v) is 12.5. The number of nitrogens with zero attached hydrogens (tertiary/aromatic N) is 1. The van der Waals surface area contributed by atoms with Crippen molar-refractivity contribution in [3.8, 4) is 5.75 Å². The van der Waals surface area contributed by atoms with E-state index < -0.39 is 0 Å². The van der Waals surface area contributed by atoms with E-state index in [9.17, 15) is 4.39 Å². The van der Waals surface area contributed by atoms with Crippen molar-refractivity contribution in [1.82, 2.24) is 4.98 Å². The molecule has 6 heteroatoms. The van der Waals surface area contributed by atoms with E-state index in [1.807, 2.05) is 6.07 Å². The highest BCUT2D eigenvalue weighted by Crippen LogP contribution is 2.26. The Morgan fingerprint density at radius 1 is 1.40 bits per heavy atom. The number of aromatic nitrogens is 1. The van der Waals surface area contributed by atoms with Crippen molar-refractivity contribution in [3.63, 3.8) is 0 Å². The Labute approximate surface area is 125 Å². The first-order valence-electron chi connectivity index (χ1n) is 6.04. The van der Waals surface area contributed by atoms with Crippen LogP contribution in [-0.2, 0) is 0 Å². The zero-order chi connectivity index (χ0) is 14.5. The number of methoxy groups -OCH3 is 1. The van der Waals surface area contributed by atoms with E-state index in [1.54, 1.807) is 24.5 Å². The van der Waals surface area contributed by atoms with Crippen LogP contribution in [-0.4, -0.2) is 18.6 Å².